The Kier molecular flexibility index (Phi) is 15.5. The van der Waals surface area contributed by atoms with E-state index in [-0.39, 0.29) is 46.6 Å². The molecule has 240 valence electrons. The summed E-state index contributed by atoms with van der Waals surface area (Å²) in [5, 5.41) is 0. The Morgan fingerprint density at radius 3 is 0.600 bits per heavy atom. The molecule has 1 aliphatic heterocycles. The minimum absolute atomic E-state index is 0.0238. The van der Waals surface area contributed by atoms with E-state index in [4.69, 9.17) is 34.2 Å². The van der Waals surface area contributed by atoms with Crippen LogP contribution in [0.25, 0.3) is 0 Å². The van der Waals surface area contributed by atoms with E-state index in [1.807, 2.05) is 55.4 Å². The van der Waals surface area contributed by atoms with Gasteiger partial charge in [0.15, 0.2) is 0 Å². The van der Waals surface area contributed by atoms with Crippen LogP contribution in [-0.2, 0) is 34.2 Å². The van der Waals surface area contributed by atoms with Gasteiger partial charge in [0.2, 0.25) is 0 Å². The molecule has 0 bridgehead atoms. The summed E-state index contributed by atoms with van der Waals surface area (Å²) in [6.45, 7) is 33.6. The van der Waals surface area contributed by atoms with Crippen LogP contribution >= 0.6 is 0 Å². The van der Waals surface area contributed by atoms with Gasteiger partial charge in [0.25, 0.3) is 0 Å². The van der Waals surface area contributed by atoms with Crippen LogP contribution in [0.1, 0.15) is 136 Å². The van der Waals surface area contributed by atoms with Crippen LogP contribution in [-0.4, -0.2) is 59.6 Å². The van der Waals surface area contributed by atoms with Gasteiger partial charge >= 0.3 is 35.2 Å². The van der Waals surface area contributed by atoms with Crippen molar-refractivity contribution in [3.05, 3.63) is 0 Å². The SMILES string of the molecule is CCC(C)[Si]1(OC(C)C)O[Si](OC(C)C)(C(C)CC)O[Si](OC(C)C)(C(C)CC)O[Si](OC(C)C)(C(C)CC)O1. The second kappa shape index (κ2) is 16.0. The first-order valence-corrected chi connectivity index (χ1v) is 23.1. The van der Waals surface area contributed by atoms with Crippen molar-refractivity contribution in [3.63, 3.8) is 0 Å². The van der Waals surface area contributed by atoms with E-state index in [0.29, 0.717) is 0 Å². The maximum Gasteiger partial charge on any atom is 0.489 e. The molecule has 1 rings (SSSR count). The predicted molar refractivity (Wildman–Crippen MR) is 171 cm³/mol. The molecule has 0 radical (unpaired) electrons. The van der Waals surface area contributed by atoms with Crippen molar-refractivity contribution in [2.75, 3.05) is 0 Å². The zero-order valence-corrected chi connectivity index (χ0v) is 32.7. The van der Waals surface area contributed by atoms with Crippen molar-refractivity contribution < 1.29 is 34.2 Å². The van der Waals surface area contributed by atoms with Gasteiger partial charge < -0.3 is 34.2 Å². The third-order valence-corrected chi connectivity index (χ3v) is 26.4. The van der Waals surface area contributed by atoms with Crippen molar-refractivity contribution in [2.24, 2.45) is 0 Å². The highest BCUT2D eigenvalue weighted by molar-refractivity contribution is 6.90. The van der Waals surface area contributed by atoms with E-state index in [9.17, 15) is 0 Å². The molecule has 4 atom stereocenters. The highest BCUT2D eigenvalue weighted by atomic mass is 28.6. The number of hydrogen-bond donors (Lipinski definition) is 0. The summed E-state index contributed by atoms with van der Waals surface area (Å²) < 4.78 is 57.4. The quantitative estimate of drug-likeness (QED) is 0.155. The monoisotopic (exact) mass is 640 g/mol. The summed E-state index contributed by atoms with van der Waals surface area (Å²) in [5.41, 5.74) is -0.0953. The second-order valence-corrected chi connectivity index (χ2v) is 25.7. The summed E-state index contributed by atoms with van der Waals surface area (Å²) in [6, 6.07) is 0. The van der Waals surface area contributed by atoms with Crippen LogP contribution in [0.4, 0.5) is 0 Å². The van der Waals surface area contributed by atoms with Crippen LogP contribution in [0.2, 0.25) is 22.2 Å². The molecular weight excluding hydrogens is 577 g/mol. The lowest BCUT2D eigenvalue weighted by Gasteiger charge is -2.55. The smallest absolute Gasteiger partial charge is 0.372 e. The standard InChI is InChI=1S/C28H64O8Si4/c1-17-25(13)37(29-21(5)6)33-38(26(14)18-2,30-22(7)8)35-40(28(16)20-4,32-24(11)12)36-39(34-37,27(15)19-3)31-23(9)10/h21-28H,17-20H2,1-16H3. The minimum atomic E-state index is -3.55. The van der Waals surface area contributed by atoms with E-state index in [2.05, 4.69) is 55.4 Å². The fraction of sp³-hybridized carbons (Fsp3) is 1.00. The lowest BCUT2D eigenvalue weighted by atomic mass is 10.4. The Labute approximate surface area is 251 Å². The summed E-state index contributed by atoms with van der Waals surface area (Å²) in [5.74, 6) is 0. The van der Waals surface area contributed by atoms with Gasteiger partial charge in [-0.1, -0.05) is 55.4 Å². The third kappa shape index (κ3) is 9.27. The Hall–Kier alpha value is 0.548. The summed E-state index contributed by atoms with van der Waals surface area (Å²) in [7, 11) is -14.2. The van der Waals surface area contributed by atoms with E-state index in [1.165, 1.54) is 0 Å². The van der Waals surface area contributed by atoms with E-state index < -0.39 is 35.2 Å². The normalized spacial score (nSPS) is 33.3. The second-order valence-electron chi connectivity index (χ2n) is 12.7. The van der Waals surface area contributed by atoms with Gasteiger partial charge in [-0.3, -0.25) is 0 Å². The first kappa shape index (κ1) is 38.6. The topological polar surface area (TPSA) is 73.8 Å². The lowest BCUT2D eigenvalue weighted by molar-refractivity contribution is -0.0246. The molecule has 12 heteroatoms. The molecule has 0 aromatic rings. The first-order valence-electron chi connectivity index (χ1n) is 15.9. The largest absolute Gasteiger partial charge is 0.489 e. The molecule has 0 amide bonds. The Balaban J connectivity index is 4.31. The predicted octanol–water partition coefficient (Wildman–Crippen LogP) is 8.72. The van der Waals surface area contributed by atoms with Gasteiger partial charge in [-0.2, -0.15) is 0 Å². The molecule has 1 fully saturated rings. The summed E-state index contributed by atoms with van der Waals surface area (Å²) >= 11 is 0. The van der Waals surface area contributed by atoms with Gasteiger partial charge in [0, 0.05) is 46.6 Å². The van der Waals surface area contributed by atoms with Crippen LogP contribution in [0, 0.1) is 0 Å². The van der Waals surface area contributed by atoms with Gasteiger partial charge in [0.1, 0.15) is 0 Å². The molecule has 0 aromatic carbocycles. The Bertz CT molecular complexity index is 611. The molecule has 1 aliphatic rings. The third-order valence-electron chi connectivity index (χ3n) is 7.60. The van der Waals surface area contributed by atoms with Crippen LogP contribution in [0.15, 0.2) is 0 Å². The van der Waals surface area contributed by atoms with Crippen molar-refractivity contribution in [1.82, 2.24) is 0 Å². The van der Waals surface area contributed by atoms with Crippen molar-refractivity contribution in [2.45, 2.75) is 183 Å². The molecule has 0 aromatic heterocycles. The average Bonchev–Trinajstić information content (AvgIpc) is 2.83. The van der Waals surface area contributed by atoms with Crippen LogP contribution < -0.4 is 0 Å². The molecule has 1 saturated heterocycles. The molecule has 1 heterocycles. The Morgan fingerprint density at radius 1 is 0.350 bits per heavy atom. The number of rotatable bonds is 16. The molecule has 0 N–H and O–H groups in total. The zero-order valence-electron chi connectivity index (χ0n) is 28.7. The Morgan fingerprint density at radius 2 is 0.500 bits per heavy atom. The minimum Gasteiger partial charge on any atom is -0.372 e. The van der Waals surface area contributed by atoms with E-state index in [0.717, 1.165) is 25.7 Å². The van der Waals surface area contributed by atoms with Gasteiger partial charge in [-0.25, -0.2) is 0 Å². The molecule has 0 aliphatic carbocycles. The fourth-order valence-corrected chi connectivity index (χ4v) is 26.7. The average molecular weight is 641 g/mol. The lowest BCUT2D eigenvalue weighted by Crippen LogP contribution is -2.77. The van der Waals surface area contributed by atoms with Crippen molar-refractivity contribution >= 4 is 35.2 Å². The van der Waals surface area contributed by atoms with Gasteiger partial charge in [-0.05, 0) is 81.1 Å². The maximum absolute atomic E-state index is 7.48. The van der Waals surface area contributed by atoms with Crippen LogP contribution in [0.5, 0.6) is 0 Å². The molecule has 4 unspecified atom stereocenters. The molecule has 40 heavy (non-hydrogen) atoms. The maximum atomic E-state index is 7.48. The molecule has 0 spiro atoms. The fourth-order valence-electron chi connectivity index (χ4n) is 4.65. The van der Waals surface area contributed by atoms with Crippen molar-refractivity contribution in [3.8, 4) is 0 Å². The molecule has 0 saturated carbocycles. The summed E-state index contributed by atoms with van der Waals surface area (Å²) in [4.78, 5) is 0. The highest BCUT2D eigenvalue weighted by Crippen LogP contribution is 2.49. The van der Waals surface area contributed by atoms with Crippen LogP contribution in [0.3, 0.4) is 0 Å². The molecular formula is C28H64O8Si4. The summed E-state index contributed by atoms with van der Waals surface area (Å²) in [6.07, 6.45) is 2.73. The van der Waals surface area contributed by atoms with E-state index >= 15 is 0 Å². The van der Waals surface area contributed by atoms with E-state index in [1.54, 1.807) is 0 Å². The van der Waals surface area contributed by atoms with Gasteiger partial charge in [-0.15, -0.1) is 0 Å². The first-order chi connectivity index (χ1) is 18.4. The highest BCUT2D eigenvalue weighted by Gasteiger charge is 2.73. The number of hydrogen-bond acceptors (Lipinski definition) is 8. The van der Waals surface area contributed by atoms with Gasteiger partial charge in [0.05, 0.1) is 0 Å². The van der Waals surface area contributed by atoms with Crippen molar-refractivity contribution in [1.29, 1.82) is 0 Å². The zero-order chi connectivity index (χ0) is 31.1. The molecule has 8 nitrogen and oxygen atoms in total.